The van der Waals surface area contributed by atoms with E-state index in [4.69, 9.17) is 6.58 Å². The van der Waals surface area contributed by atoms with Crippen molar-refractivity contribution < 1.29 is 42.3 Å². The Morgan fingerprint density at radius 1 is 1.54 bits per heavy atom. The Morgan fingerprint density at radius 2 is 2.15 bits per heavy atom. The third-order valence-corrected chi connectivity index (χ3v) is 2.36. The molecule has 1 saturated heterocycles. The maximum atomic E-state index is 11.3. The van der Waals surface area contributed by atoms with Crippen LogP contribution in [0.15, 0.2) is 17.1 Å². The van der Waals surface area contributed by atoms with E-state index in [1.54, 1.807) is 6.92 Å². The minimum absolute atomic E-state index is 0. The number of hydrogen-bond acceptors (Lipinski definition) is 3. The number of rotatable bonds is 2. The molecule has 0 N–H and O–H groups in total. The second-order valence-corrected chi connectivity index (χ2v) is 3.13. The number of hydrogen-bond donors (Lipinski definition) is 0. The fraction of sp³-hybridized carbons (Fsp3) is 0.250. The number of carbonyl (C=O) groups excluding carboxylic acids is 2. The number of likely N-dealkylation sites (N-methyl/N-ethyl adjacent to an activating group) is 1. The molecule has 0 bridgehead atoms. The number of thioether (sulfide) groups is 1. The van der Waals surface area contributed by atoms with E-state index in [0.29, 0.717) is 11.4 Å². The minimum Gasteiger partial charge on any atom is -0.293 e. The molecule has 0 aromatic heterocycles. The summed E-state index contributed by atoms with van der Waals surface area (Å²) >= 11 is 0.918. The first kappa shape index (κ1) is 13.1. The molecule has 0 aromatic rings. The zero-order chi connectivity index (χ0) is 9.14. The van der Waals surface area contributed by atoms with E-state index >= 15 is 0 Å². The average Bonchev–Trinajstić information content (AvgIpc) is 2.29. The summed E-state index contributed by atoms with van der Waals surface area (Å²) in [5.41, 5.74) is 0. The van der Waals surface area contributed by atoms with Gasteiger partial charge in [-0.25, -0.2) is 6.08 Å². The van der Waals surface area contributed by atoms with Gasteiger partial charge in [0, 0.05) is 44.2 Å². The van der Waals surface area contributed by atoms with Crippen molar-refractivity contribution in [1.82, 2.24) is 4.90 Å². The number of amides is 2. The molecule has 0 aromatic carbocycles. The van der Waals surface area contributed by atoms with Crippen molar-refractivity contribution in [3.8, 4) is 0 Å². The number of imide groups is 1. The van der Waals surface area contributed by atoms with Crippen molar-refractivity contribution in [2.24, 2.45) is 0 Å². The molecule has 13 heavy (non-hydrogen) atoms. The summed E-state index contributed by atoms with van der Waals surface area (Å²) in [5.74, 6) is -0.255. The van der Waals surface area contributed by atoms with Crippen molar-refractivity contribution >= 4 is 22.9 Å². The molecule has 3 nitrogen and oxygen atoms in total. The van der Waals surface area contributed by atoms with Crippen LogP contribution in [0.25, 0.3) is 0 Å². The van der Waals surface area contributed by atoms with Crippen LogP contribution in [-0.4, -0.2) is 22.6 Å². The van der Waals surface area contributed by atoms with Gasteiger partial charge in [-0.1, -0.05) is 0 Å². The molecule has 0 spiro atoms. The fourth-order valence-corrected chi connectivity index (χ4v) is 1.73. The maximum Gasteiger partial charge on any atom is 0.291 e. The van der Waals surface area contributed by atoms with Crippen LogP contribution < -0.4 is 0 Å². The van der Waals surface area contributed by atoms with Crippen LogP contribution in [0, 0.1) is 6.58 Å². The molecule has 1 rings (SSSR count). The van der Waals surface area contributed by atoms with E-state index in [2.05, 4.69) is 0 Å². The third-order valence-electron chi connectivity index (χ3n) is 1.44. The first-order valence-electron chi connectivity index (χ1n) is 3.49. The average molecular weight is 271 g/mol. The third kappa shape index (κ3) is 2.76. The van der Waals surface area contributed by atoms with Gasteiger partial charge in [0.1, 0.15) is 0 Å². The molecule has 1 fully saturated rings. The molecule has 0 saturated carbocycles. The molecule has 67 valence electrons. The molecule has 1 aliphatic rings. The van der Waals surface area contributed by atoms with Gasteiger partial charge in [-0.3, -0.25) is 21.1 Å². The monoisotopic (exact) mass is 271 g/mol. The standard InChI is InChI=1S/C8H8NO2S.Y/c1-3-5-6-7(10)9(4-2)8(11)12-6;/h1,3,5H,4H2,2H3;/q-1;/b6-5-;. The molecular weight excluding hydrogens is 263 g/mol. The molecule has 2 amide bonds. The smallest absolute Gasteiger partial charge is 0.291 e. The summed E-state index contributed by atoms with van der Waals surface area (Å²) in [5, 5.41) is -0.226. The second kappa shape index (κ2) is 5.73. The van der Waals surface area contributed by atoms with Crippen molar-refractivity contribution in [3.05, 3.63) is 23.6 Å². The second-order valence-electron chi connectivity index (χ2n) is 2.14. The van der Waals surface area contributed by atoms with Gasteiger partial charge in [0.25, 0.3) is 5.24 Å². The van der Waals surface area contributed by atoms with Gasteiger partial charge in [-0.05, 0) is 18.7 Å². The Labute approximate surface area is 106 Å². The van der Waals surface area contributed by atoms with Gasteiger partial charge in [-0.2, -0.15) is 6.08 Å². The molecule has 1 aliphatic heterocycles. The summed E-state index contributed by atoms with van der Waals surface area (Å²) in [4.78, 5) is 23.9. The molecule has 1 radical (unpaired) electrons. The molecule has 0 unspecified atom stereocenters. The first-order valence-corrected chi connectivity index (χ1v) is 4.31. The predicted octanol–water partition coefficient (Wildman–Crippen LogP) is 1.57. The summed E-state index contributed by atoms with van der Waals surface area (Å²) < 4.78 is 0. The zero-order valence-corrected chi connectivity index (χ0v) is 10.8. The Bertz CT molecular complexity index is 275. The topological polar surface area (TPSA) is 37.4 Å². The number of nitrogens with zero attached hydrogens (tertiary/aromatic N) is 1. The fourth-order valence-electron chi connectivity index (χ4n) is 0.874. The van der Waals surface area contributed by atoms with E-state index in [0.717, 1.165) is 11.8 Å². The van der Waals surface area contributed by atoms with Gasteiger partial charge < -0.3 is 0 Å². The molecule has 1 heterocycles. The molecule has 0 aliphatic carbocycles. The van der Waals surface area contributed by atoms with Crippen LogP contribution in [0.5, 0.6) is 0 Å². The van der Waals surface area contributed by atoms with E-state index in [1.165, 1.54) is 17.1 Å². The normalized spacial score (nSPS) is 19.2. The zero-order valence-electron chi connectivity index (χ0n) is 7.19. The predicted molar refractivity (Wildman–Crippen MR) is 47.3 cm³/mol. The molecule has 5 heteroatoms. The van der Waals surface area contributed by atoms with Crippen LogP contribution in [-0.2, 0) is 37.5 Å². The van der Waals surface area contributed by atoms with Gasteiger partial charge in [0.15, 0.2) is 0 Å². The largest absolute Gasteiger partial charge is 0.293 e. The molecule has 0 atom stereocenters. The summed E-state index contributed by atoms with van der Waals surface area (Å²) in [6, 6.07) is 0. The van der Waals surface area contributed by atoms with Crippen LogP contribution in [0.3, 0.4) is 0 Å². The van der Waals surface area contributed by atoms with Crippen LogP contribution in [0.2, 0.25) is 0 Å². The molecular formula is C8H8NO2SY-. The Kier molecular flexibility index (Phi) is 5.76. The summed E-state index contributed by atoms with van der Waals surface area (Å²) in [6.07, 6.45) is 2.70. The van der Waals surface area contributed by atoms with Crippen LogP contribution in [0.4, 0.5) is 4.79 Å². The quantitative estimate of drug-likeness (QED) is 0.565. The number of allylic oxidation sites excluding steroid dienone is 2. The van der Waals surface area contributed by atoms with E-state index in [9.17, 15) is 9.59 Å². The first-order chi connectivity index (χ1) is 5.70. The maximum absolute atomic E-state index is 11.3. The van der Waals surface area contributed by atoms with E-state index < -0.39 is 0 Å². The SMILES string of the molecule is [CH-]=C/C=C1\SC(=O)N(CC)C1=O.[Y]. The van der Waals surface area contributed by atoms with Crippen molar-refractivity contribution in [2.45, 2.75) is 6.92 Å². The summed E-state index contributed by atoms with van der Waals surface area (Å²) in [6.45, 7) is 7.27. The van der Waals surface area contributed by atoms with E-state index in [-0.39, 0.29) is 43.9 Å². The van der Waals surface area contributed by atoms with Crippen LogP contribution in [0.1, 0.15) is 6.92 Å². The summed E-state index contributed by atoms with van der Waals surface area (Å²) in [7, 11) is 0. The van der Waals surface area contributed by atoms with Crippen molar-refractivity contribution in [1.29, 1.82) is 0 Å². The van der Waals surface area contributed by atoms with Gasteiger partial charge >= 0.3 is 0 Å². The van der Waals surface area contributed by atoms with E-state index in [1.807, 2.05) is 0 Å². The number of carbonyl (C=O) groups is 2. The van der Waals surface area contributed by atoms with Gasteiger partial charge in [-0.15, -0.1) is 0 Å². The Balaban J connectivity index is 0.00000144. The van der Waals surface area contributed by atoms with Gasteiger partial charge in [0.05, 0.1) is 0 Å². The Morgan fingerprint density at radius 3 is 2.54 bits per heavy atom. The van der Waals surface area contributed by atoms with Crippen molar-refractivity contribution in [3.63, 3.8) is 0 Å². The van der Waals surface area contributed by atoms with Crippen molar-refractivity contribution in [2.75, 3.05) is 6.54 Å². The minimum atomic E-state index is -0.255. The van der Waals surface area contributed by atoms with Gasteiger partial charge in [0.2, 0.25) is 5.91 Å². The Hall–Kier alpha value is 0.0739. The van der Waals surface area contributed by atoms with Crippen LogP contribution >= 0.6 is 11.8 Å².